The molecule has 0 aliphatic rings. The largest absolute Gasteiger partial charge is 0.495 e. The maximum atomic E-state index is 10.6. The van der Waals surface area contributed by atoms with E-state index in [2.05, 4.69) is 0 Å². The summed E-state index contributed by atoms with van der Waals surface area (Å²) < 4.78 is 10.6. The maximum absolute atomic E-state index is 10.6. The Kier molecular flexibility index (Phi) is 5.34. The van der Waals surface area contributed by atoms with Gasteiger partial charge in [-0.25, -0.2) is 0 Å². The molecule has 2 rings (SSSR count). The Labute approximate surface area is 134 Å². The molecular weight excluding hydrogens is 311 g/mol. The Balaban J connectivity index is 2.45. The van der Waals surface area contributed by atoms with Gasteiger partial charge in [0.1, 0.15) is 17.6 Å². The molecular formula is C16H16Cl2O3. The maximum Gasteiger partial charge on any atom is 0.138 e. The van der Waals surface area contributed by atoms with Crippen molar-refractivity contribution in [2.24, 2.45) is 0 Å². The lowest BCUT2D eigenvalue weighted by Gasteiger charge is -2.18. The van der Waals surface area contributed by atoms with Crippen molar-refractivity contribution in [2.45, 2.75) is 13.0 Å². The van der Waals surface area contributed by atoms with Crippen molar-refractivity contribution in [3.8, 4) is 11.5 Å². The lowest BCUT2D eigenvalue weighted by Crippen LogP contribution is -2.05. The summed E-state index contributed by atoms with van der Waals surface area (Å²) in [6.07, 6.45) is -0.927. The van der Waals surface area contributed by atoms with Gasteiger partial charge < -0.3 is 14.6 Å². The molecule has 1 unspecified atom stereocenters. The van der Waals surface area contributed by atoms with Crippen molar-refractivity contribution in [2.75, 3.05) is 13.7 Å². The topological polar surface area (TPSA) is 38.7 Å². The van der Waals surface area contributed by atoms with E-state index in [0.717, 1.165) is 0 Å². The SMILES string of the molecule is CCOc1ccccc1C(O)c1cc(Cl)c(OC)cc1Cl. The average molecular weight is 327 g/mol. The van der Waals surface area contributed by atoms with Crippen molar-refractivity contribution in [1.82, 2.24) is 0 Å². The number of aliphatic hydroxyl groups excluding tert-OH is 1. The number of hydrogen-bond acceptors (Lipinski definition) is 3. The lowest BCUT2D eigenvalue weighted by molar-refractivity contribution is 0.212. The number of benzene rings is 2. The van der Waals surface area contributed by atoms with Gasteiger partial charge in [0, 0.05) is 17.2 Å². The number of aliphatic hydroxyl groups is 1. The predicted octanol–water partition coefficient (Wildman–Crippen LogP) is 4.48. The van der Waals surface area contributed by atoms with Gasteiger partial charge in [0.15, 0.2) is 0 Å². The van der Waals surface area contributed by atoms with Crippen molar-refractivity contribution < 1.29 is 14.6 Å². The average Bonchev–Trinajstić information content (AvgIpc) is 2.49. The second-order valence-electron chi connectivity index (χ2n) is 4.38. The van der Waals surface area contributed by atoms with E-state index in [1.807, 2.05) is 19.1 Å². The zero-order chi connectivity index (χ0) is 15.4. The Morgan fingerprint density at radius 3 is 2.43 bits per heavy atom. The fraction of sp³-hybridized carbons (Fsp3) is 0.250. The fourth-order valence-electron chi connectivity index (χ4n) is 2.07. The summed E-state index contributed by atoms with van der Waals surface area (Å²) >= 11 is 12.3. The first kappa shape index (κ1) is 16.0. The second-order valence-corrected chi connectivity index (χ2v) is 5.20. The predicted molar refractivity (Wildman–Crippen MR) is 84.7 cm³/mol. The van der Waals surface area contributed by atoms with Gasteiger partial charge in [-0.2, -0.15) is 0 Å². The summed E-state index contributed by atoms with van der Waals surface area (Å²) in [5.41, 5.74) is 1.15. The number of rotatable bonds is 5. The van der Waals surface area contributed by atoms with Crippen LogP contribution in [0.4, 0.5) is 0 Å². The molecule has 0 spiro atoms. The highest BCUT2D eigenvalue weighted by Gasteiger charge is 2.20. The van der Waals surface area contributed by atoms with Gasteiger partial charge in [0.2, 0.25) is 0 Å². The van der Waals surface area contributed by atoms with Crippen LogP contribution in [0.1, 0.15) is 24.2 Å². The van der Waals surface area contributed by atoms with Crippen LogP contribution >= 0.6 is 23.2 Å². The third-order valence-corrected chi connectivity index (χ3v) is 3.70. The number of ether oxygens (including phenoxy) is 2. The van der Waals surface area contributed by atoms with E-state index < -0.39 is 6.10 Å². The Morgan fingerprint density at radius 1 is 1.05 bits per heavy atom. The van der Waals surface area contributed by atoms with E-state index in [9.17, 15) is 5.11 Å². The highest BCUT2D eigenvalue weighted by atomic mass is 35.5. The molecule has 0 bridgehead atoms. The molecule has 0 saturated heterocycles. The van der Waals surface area contributed by atoms with Crippen LogP contribution in [0.2, 0.25) is 10.0 Å². The summed E-state index contributed by atoms with van der Waals surface area (Å²) in [5, 5.41) is 11.4. The molecule has 2 aromatic rings. The van der Waals surface area contributed by atoms with Crippen molar-refractivity contribution in [3.63, 3.8) is 0 Å². The zero-order valence-corrected chi connectivity index (χ0v) is 13.3. The molecule has 21 heavy (non-hydrogen) atoms. The smallest absolute Gasteiger partial charge is 0.138 e. The van der Waals surface area contributed by atoms with E-state index in [4.69, 9.17) is 32.7 Å². The summed E-state index contributed by atoms with van der Waals surface area (Å²) in [6, 6.07) is 10.5. The summed E-state index contributed by atoms with van der Waals surface area (Å²) in [6.45, 7) is 2.40. The lowest BCUT2D eigenvalue weighted by atomic mass is 10.0. The van der Waals surface area contributed by atoms with Crippen LogP contribution in [-0.2, 0) is 0 Å². The first-order valence-electron chi connectivity index (χ1n) is 6.51. The minimum absolute atomic E-state index is 0.384. The Bertz CT molecular complexity index is 629. The van der Waals surface area contributed by atoms with E-state index in [1.54, 1.807) is 24.3 Å². The molecule has 0 aromatic heterocycles. The number of methoxy groups -OCH3 is 1. The quantitative estimate of drug-likeness (QED) is 0.880. The van der Waals surface area contributed by atoms with Crippen LogP contribution in [0.15, 0.2) is 36.4 Å². The molecule has 0 aliphatic carbocycles. The summed E-state index contributed by atoms with van der Waals surface area (Å²) in [4.78, 5) is 0. The van der Waals surface area contributed by atoms with Crippen LogP contribution < -0.4 is 9.47 Å². The third-order valence-electron chi connectivity index (χ3n) is 3.08. The van der Waals surface area contributed by atoms with Crippen molar-refractivity contribution >= 4 is 23.2 Å². The molecule has 1 atom stereocenters. The molecule has 0 heterocycles. The van der Waals surface area contributed by atoms with Crippen LogP contribution in [0, 0.1) is 0 Å². The van der Waals surface area contributed by atoms with Crippen molar-refractivity contribution in [3.05, 3.63) is 57.6 Å². The molecule has 0 aliphatic heterocycles. The molecule has 0 radical (unpaired) electrons. The van der Waals surface area contributed by atoms with E-state index in [0.29, 0.717) is 39.3 Å². The third kappa shape index (κ3) is 3.43. The van der Waals surface area contributed by atoms with Gasteiger partial charge in [-0.15, -0.1) is 0 Å². The minimum atomic E-state index is -0.927. The fourth-order valence-corrected chi connectivity index (χ4v) is 2.58. The highest BCUT2D eigenvalue weighted by Crippen LogP contribution is 2.38. The summed E-state index contributed by atoms with van der Waals surface area (Å²) in [5.74, 6) is 1.09. The monoisotopic (exact) mass is 326 g/mol. The van der Waals surface area contributed by atoms with E-state index in [1.165, 1.54) is 7.11 Å². The minimum Gasteiger partial charge on any atom is -0.495 e. The second kappa shape index (κ2) is 7.03. The first-order chi connectivity index (χ1) is 10.1. The van der Waals surface area contributed by atoms with Crippen LogP contribution in [0.3, 0.4) is 0 Å². The standard InChI is InChI=1S/C16H16Cl2O3/c1-3-21-14-7-5-4-6-10(14)16(19)11-8-13(18)15(20-2)9-12(11)17/h4-9,16,19H,3H2,1-2H3. The first-order valence-corrected chi connectivity index (χ1v) is 7.26. The van der Waals surface area contributed by atoms with Gasteiger partial charge in [-0.05, 0) is 19.1 Å². The van der Waals surface area contributed by atoms with E-state index in [-0.39, 0.29) is 0 Å². The Morgan fingerprint density at radius 2 is 1.76 bits per heavy atom. The number of halogens is 2. The normalized spacial score (nSPS) is 12.0. The highest BCUT2D eigenvalue weighted by molar-refractivity contribution is 6.34. The van der Waals surface area contributed by atoms with Crippen LogP contribution in [0.5, 0.6) is 11.5 Å². The summed E-state index contributed by atoms with van der Waals surface area (Å²) in [7, 11) is 1.51. The van der Waals surface area contributed by atoms with Crippen molar-refractivity contribution in [1.29, 1.82) is 0 Å². The Hall–Kier alpha value is -1.42. The number of hydrogen-bond donors (Lipinski definition) is 1. The molecule has 0 fully saturated rings. The molecule has 2 aromatic carbocycles. The van der Waals surface area contributed by atoms with Gasteiger partial charge in [0.05, 0.1) is 23.8 Å². The van der Waals surface area contributed by atoms with Gasteiger partial charge in [-0.1, -0.05) is 41.4 Å². The van der Waals surface area contributed by atoms with Crippen LogP contribution in [0.25, 0.3) is 0 Å². The van der Waals surface area contributed by atoms with Crippen LogP contribution in [-0.4, -0.2) is 18.8 Å². The molecule has 1 N–H and O–H groups in total. The van der Waals surface area contributed by atoms with E-state index >= 15 is 0 Å². The zero-order valence-electron chi connectivity index (χ0n) is 11.8. The van der Waals surface area contributed by atoms with Gasteiger partial charge in [-0.3, -0.25) is 0 Å². The molecule has 5 heteroatoms. The molecule has 3 nitrogen and oxygen atoms in total. The number of para-hydroxylation sites is 1. The molecule has 0 amide bonds. The molecule has 112 valence electrons. The molecule has 0 saturated carbocycles. The van der Waals surface area contributed by atoms with Gasteiger partial charge >= 0.3 is 0 Å². The van der Waals surface area contributed by atoms with Gasteiger partial charge in [0.25, 0.3) is 0 Å².